The zero-order valence-electron chi connectivity index (χ0n) is 9.25. The molecule has 0 aromatic rings. The molecule has 1 fully saturated rings. The Kier molecular flexibility index (Phi) is 3.68. The highest BCUT2D eigenvalue weighted by Gasteiger charge is 2.56. The maximum Gasteiger partial charge on any atom is 0.319 e. The molecule has 0 spiro atoms. The van der Waals surface area contributed by atoms with Crippen molar-refractivity contribution in [2.24, 2.45) is 5.41 Å². The highest BCUT2D eigenvalue weighted by molar-refractivity contribution is 6.04. The van der Waals surface area contributed by atoms with Gasteiger partial charge in [-0.2, -0.15) is 0 Å². The molecule has 0 aromatic carbocycles. The molecule has 0 bridgehead atoms. The van der Waals surface area contributed by atoms with E-state index in [1.807, 2.05) is 19.0 Å². The Balaban J connectivity index is 2.22. The van der Waals surface area contributed by atoms with Crippen LogP contribution in [0.1, 0.15) is 19.3 Å². The van der Waals surface area contributed by atoms with Crippen molar-refractivity contribution < 1.29 is 14.7 Å². The van der Waals surface area contributed by atoms with Crippen molar-refractivity contribution in [2.75, 3.05) is 27.2 Å². The molecular formula is C10H18N2O3. The number of carboxylic acids is 1. The average molecular weight is 214 g/mol. The first kappa shape index (κ1) is 12.0. The molecule has 0 atom stereocenters. The fraction of sp³-hybridized carbons (Fsp3) is 0.800. The third-order valence-electron chi connectivity index (χ3n) is 2.66. The Bertz CT molecular complexity index is 259. The van der Waals surface area contributed by atoms with Gasteiger partial charge in [0.05, 0.1) is 0 Å². The molecule has 2 N–H and O–H groups in total. The summed E-state index contributed by atoms with van der Waals surface area (Å²) in [5, 5.41) is 11.5. The van der Waals surface area contributed by atoms with Gasteiger partial charge in [-0.1, -0.05) is 0 Å². The number of carbonyl (C=O) groups excluding carboxylic acids is 1. The highest BCUT2D eigenvalue weighted by atomic mass is 16.4. The van der Waals surface area contributed by atoms with Gasteiger partial charge >= 0.3 is 5.97 Å². The number of aliphatic carboxylic acids is 1. The average Bonchev–Trinajstić information content (AvgIpc) is 2.92. The lowest BCUT2D eigenvalue weighted by atomic mass is 10.1. The zero-order valence-corrected chi connectivity index (χ0v) is 9.25. The number of carboxylic acid groups (broad SMARTS) is 1. The second kappa shape index (κ2) is 4.61. The van der Waals surface area contributed by atoms with Crippen molar-refractivity contribution in [3.05, 3.63) is 0 Å². The Hall–Kier alpha value is -1.10. The summed E-state index contributed by atoms with van der Waals surface area (Å²) in [7, 11) is 3.92. The summed E-state index contributed by atoms with van der Waals surface area (Å²) in [6.45, 7) is 1.44. The predicted molar refractivity (Wildman–Crippen MR) is 55.5 cm³/mol. The van der Waals surface area contributed by atoms with Gasteiger partial charge in [-0.25, -0.2) is 0 Å². The van der Waals surface area contributed by atoms with E-state index in [0.717, 1.165) is 13.0 Å². The fourth-order valence-corrected chi connectivity index (χ4v) is 1.43. The van der Waals surface area contributed by atoms with E-state index in [0.29, 0.717) is 19.4 Å². The van der Waals surface area contributed by atoms with Gasteiger partial charge in [0.2, 0.25) is 5.91 Å². The van der Waals surface area contributed by atoms with E-state index in [9.17, 15) is 9.59 Å². The van der Waals surface area contributed by atoms with Gasteiger partial charge in [-0.15, -0.1) is 0 Å². The van der Waals surface area contributed by atoms with Crippen LogP contribution < -0.4 is 5.32 Å². The van der Waals surface area contributed by atoms with Crippen LogP contribution in [0.4, 0.5) is 0 Å². The summed E-state index contributed by atoms with van der Waals surface area (Å²) >= 11 is 0. The van der Waals surface area contributed by atoms with Crippen LogP contribution in [0, 0.1) is 5.41 Å². The molecule has 0 heterocycles. The normalized spacial score (nSPS) is 17.5. The second-order valence-electron chi connectivity index (χ2n) is 4.30. The van der Waals surface area contributed by atoms with Gasteiger partial charge < -0.3 is 15.3 Å². The Morgan fingerprint density at radius 1 is 1.40 bits per heavy atom. The Morgan fingerprint density at radius 3 is 2.40 bits per heavy atom. The van der Waals surface area contributed by atoms with Crippen LogP contribution in [0.25, 0.3) is 0 Å². The number of amides is 1. The molecule has 0 saturated heterocycles. The topological polar surface area (TPSA) is 69.6 Å². The van der Waals surface area contributed by atoms with Crippen molar-refractivity contribution in [2.45, 2.75) is 19.3 Å². The van der Waals surface area contributed by atoms with Crippen molar-refractivity contribution in [3.63, 3.8) is 0 Å². The molecule has 0 radical (unpaired) electrons. The van der Waals surface area contributed by atoms with Crippen LogP contribution >= 0.6 is 0 Å². The van der Waals surface area contributed by atoms with E-state index in [2.05, 4.69) is 5.32 Å². The first-order valence-corrected chi connectivity index (χ1v) is 5.15. The molecule has 15 heavy (non-hydrogen) atoms. The number of rotatable bonds is 6. The van der Waals surface area contributed by atoms with Crippen molar-refractivity contribution in [3.8, 4) is 0 Å². The van der Waals surface area contributed by atoms with Crippen LogP contribution in [0.5, 0.6) is 0 Å². The molecular weight excluding hydrogens is 196 g/mol. The van der Waals surface area contributed by atoms with Crippen LogP contribution in [0.3, 0.4) is 0 Å². The third kappa shape index (κ3) is 2.92. The molecule has 0 aromatic heterocycles. The lowest BCUT2D eigenvalue weighted by Crippen LogP contribution is -2.38. The number of hydrogen-bond acceptors (Lipinski definition) is 3. The largest absolute Gasteiger partial charge is 0.480 e. The molecule has 1 aliphatic carbocycles. The van der Waals surface area contributed by atoms with E-state index >= 15 is 0 Å². The number of carbonyl (C=O) groups is 2. The minimum absolute atomic E-state index is 0.325. The minimum atomic E-state index is -1.10. The molecule has 0 aliphatic heterocycles. The van der Waals surface area contributed by atoms with Crippen molar-refractivity contribution in [1.29, 1.82) is 0 Å². The predicted octanol–water partition coefficient (Wildman–Crippen LogP) is -0.0809. The van der Waals surface area contributed by atoms with Crippen LogP contribution in [-0.4, -0.2) is 49.1 Å². The van der Waals surface area contributed by atoms with E-state index in [-0.39, 0.29) is 5.91 Å². The van der Waals surface area contributed by atoms with E-state index in [1.54, 1.807) is 0 Å². The molecule has 1 aliphatic rings. The monoisotopic (exact) mass is 214 g/mol. The number of hydrogen-bond donors (Lipinski definition) is 2. The highest BCUT2D eigenvalue weighted by Crippen LogP contribution is 2.45. The van der Waals surface area contributed by atoms with Gasteiger partial charge in [0.1, 0.15) is 5.41 Å². The smallest absolute Gasteiger partial charge is 0.319 e. The summed E-state index contributed by atoms with van der Waals surface area (Å²) in [6, 6.07) is 0. The standard InChI is InChI=1S/C10H18N2O3/c1-12(2)7-3-6-11-8(13)10(4-5-10)9(14)15/h3-7H2,1-2H3,(H,11,13)(H,14,15). The zero-order chi connectivity index (χ0) is 11.5. The van der Waals surface area contributed by atoms with Gasteiger partial charge in [-0.3, -0.25) is 9.59 Å². The molecule has 1 amide bonds. The lowest BCUT2D eigenvalue weighted by molar-refractivity contribution is -0.149. The quantitative estimate of drug-likeness (QED) is 0.479. The van der Waals surface area contributed by atoms with Crippen LogP contribution in [0.2, 0.25) is 0 Å². The summed E-state index contributed by atoms with van der Waals surface area (Å²) in [6.07, 6.45) is 1.79. The van der Waals surface area contributed by atoms with Crippen molar-refractivity contribution in [1.82, 2.24) is 10.2 Å². The SMILES string of the molecule is CN(C)CCCNC(=O)C1(C(=O)O)CC1. The van der Waals surface area contributed by atoms with E-state index in [4.69, 9.17) is 5.11 Å². The molecule has 86 valence electrons. The van der Waals surface area contributed by atoms with E-state index in [1.165, 1.54) is 0 Å². The Labute approximate surface area is 89.4 Å². The molecule has 1 saturated carbocycles. The van der Waals surface area contributed by atoms with Crippen LogP contribution in [0.15, 0.2) is 0 Å². The molecule has 1 rings (SSSR count). The summed E-state index contributed by atoms with van der Waals surface area (Å²) in [5.74, 6) is -1.32. The number of nitrogens with zero attached hydrogens (tertiary/aromatic N) is 1. The van der Waals surface area contributed by atoms with Crippen LogP contribution in [-0.2, 0) is 9.59 Å². The minimum Gasteiger partial charge on any atom is -0.480 e. The third-order valence-corrected chi connectivity index (χ3v) is 2.66. The van der Waals surface area contributed by atoms with Gasteiger partial charge in [-0.05, 0) is 39.9 Å². The lowest BCUT2D eigenvalue weighted by Gasteiger charge is -2.12. The van der Waals surface area contributed by atoms with Crippen molar-refractivity contribution >= 4 is 11.9 Å². The maximum atomic E-state index is 11.5. The van der Waals surface area contributed by atoms with Gasteiger partial charge in [0.25, 0.3) is 0 Å². The number of nitrogens with one attached hydrogen (secondary N) is 1. The van der Waals surface area contributed by atoms with Gasteiger partial charge in [0.15, 0.2) is 0 Å². The summed E-state index contributed by atoms with van der Waals surface area (Å²) in [5.41, 5.74) is -1.10. The summed E-state index contributed by atoms with van der Waals surface area (Å²) in [4.78, 5) is 24.3. The fourth-order valence-electron chi connectivity index (χ4n) is 1.43. The maximum absolute atomic E-state index is 11.5. The first-order chi connectivity index (χ1) is 6.99. The second-order valence-corrected chi connectivity index (χ2v) is 4.30. The van der Waals surface area contributed by atoms with E-state index < -0.39 is 11.4 Å². The first-order valence-electron chi connectivity index (χ1n) is 5.15. The Morgan fingerprint density at radius 2 is 2.00 bits per heavy atom. The molecule has 0 unspecified atom stereocenters. The summed E-state index contributed by atoms with van der Waals surface area (Å²) < 4.78 is 0. The molecule has 5 heteroatoms. The molecule has 5 nitrogen and oxygen atoms in total. The van der Waals surface area contributed by atoms with Gasteiger partial charge in [0, 0.05) is 6.54 Å².